The summed E-state index contributed by atoms with van der Waals surface area (Å²) in [6.07, 6.45) is 3.34. The van der Waals surface area contributed by atoms with Crippen LogP contribution >= 0.6 is 11.3 Å². The van der Waals surface area contributed by atoms with Gasteiger partial charge in [0.05, 0.1) is 10.2 Å². The second-order valence-corrected chi connectivity index (χ2v) is 8.03. The maximum Gasteiger partial charge on any atom is 0.190 e. The number of thiazole rings is 1. The lowest BCUT2D eigenvalue weighted by molar-refractivity contribution is 0.103. The summed E-state index contributed by atoms with van der Waals surface area (Å²) in [5, 5.41) is 0.489. The molecule has 0 aliphatic heterocycles. The maximum atomic E-state index is 13.3. The fraction of sp³-hybridized carbons (Fsp3) is 0.0833. The molecule has 1 heterocycles. The third-order valence-corrected chi connectivity index (χ3v) is 5.94. The predicted molar refractivity (Wildman–Crippen MR) is 117 cm³/mol. The van der Waals surface area contributed by atoms with E-state index < -0.39 is 0 Å². The van der Waals surface area contributed by atoms with Crippen LogP contribution in [-0.2, 0) is 12.8 Å². The minimum absolute atomic E-state index is 0.0647. The number of allylic oxidation sites excluding steroid dienone is 2. The summed E-state index contributed by atoms with van der Waals surface area (Å²) >= 11 is 1.38. The van der Waals surface area contributed by atoms with E-state index in [1.54, 1.807) is 0 Å². The van der Waals surface area contributed by atoms with Crippen LogP contribution in [0.5, 0.6) is 11.5 Å². The third-order valence-electron chi connectivity index (χ3n) is 5.02. The van der Waals surface area contributed by atoms with Gasteiger partial charge in [-0.25, -0.2) is 4.98 Å². The van der Waals surface area contributed by atoms with Crippen molar-refractivity contribution in [2.45, 2.75) is 12.8 Å². The first-order chi connectivity index (χ1) is 14.2. The van der Waals surface area contributed by atoms with E-state index in [9.17, 15) is 4.79 Å². The fourth-order valence-corrected chi connectivity index (χ4v) is 4.57. The number of nitrogen functional groups attached to an aromatic ring is 1. The summed E-state index contributed by atoms with van der Waals surface area (Å²) in [5.74, 6) is 1.61. The van der Waals surface area contributed by atoms with Crippen LogP contribution in [0.4, 0.5) is 5.13 Å². The van der Waals surface area contributed by atoms with Gasteiger partial charge in [-0.3, -0.25) is 4.79 Å². The SMILES string of the molecule is Nc1nc2ccc3c(c2s1)C(=O)C(Cc1cccc(Oc2ccccc2)c1)=CC3. The van der Waals surface area contributed by atoms with Crippen LogP contribution in [-0.4, -0.2) is 10.8 Å². The molecule has 4 aromatic rings. The average molecular weight is 398 g/mol. The number of fused-ring (bicyclic) bond motifs is 3. The van der Waals surface area contributed by atoms with E-state index in [1.165, 1.54) is 11.3 Å². The van der Waals surface area contributed by atoms with Crippen LogP contribution in [0, 0.1) is 0 Å². The zero-order valence-corrected chi connectivity index (χ0v) is 16.4. The Bertz CT molecular complexity index is 1260. The molecular formula is C24H18N2O2S. The number of para-hydroxylation sites is 1. The molecule has 0 saturated heterocycles. The number of aromatic nitrogens is 1. The number of hydrogen-bond donors (Lipinski definition) is 1. The molecule has 142 valence electrons. The average Bonchev–Trinajstić information content (AvgIpc) is 3.11. The van der Waals surface area contributed by atoms with Crippen molar-refractivity contribution >= 4 is 32.5 Å². The number of ether oxygens (including phenoxy) is 1. The molecule has 0 radical (unpaired) electrons. The number of Topliss-reactive ketones (excluding diaryl/α,β-unsaturated/α-hetero) is 1. The summed E-state index contributed by atoms with van der Waals surface area (Å²) in [6, 6.07) is 21.5. The topological polar surface area (TPSA) is 65.2 Å². The van der Waals surface area contributed by atoms with Gasteiger partial charge in [-0.1, -0.05) is 53.8 Å². The van der Waals surface area contributed by atoms with Gasteiger partial charge in [0.25, 0.3) is 0 Å². The molecule has 3 aromatic carbocycles. The number of carbonyl (C=O) groups is 1. The largest absolute Gasteiger partial charge is 0.457 e. The monoisotopic (exact) mass is 398 g/mol. The quantitative estimate of drug-likeness (QED) is 0.487. The van der Waals surface area contributed by atoms with Crippen LogP contribution in [0.15, 0.2) is 78.4 Å². The van der Waals surface area contributed by atoms with Crippen LogP contribution in [0.3, 0.4) is 0 Å². The van der Waals surface area contributed by atoms with E-state index >= 15 is 0 Å². The first-order valence-electron chi connectivity index (χ1n) is 9.41. The molecular weight excluding hydrogens is 380 g/mol. The van der Waals surface area contributed by atoms with Crippen molar-refractivity contribution in [3.05, 3.63) is 95.1 Å². The summed E-state index contributed by atoms with van der Waals surface area (Å²) in [6.45, 7) is 0. The molecule has 5 rings (SSSR count). The van der Waals surface area contributed by atoms with Crippen molar-refractivity contribution in [1.29, 1.82) is 0 Å². The van der Waals surface area contributed by atoms with Gasteiger partial charge >= 0.3 is 0 Å². The van der Waals surface area contributed by atoms with Crippen molar-refractivity contribution < 1.29 is 9.53 Å². The van der Waals surface area contributed by atoms with Gasteiger partial charge in [0, 0.05) is 17.6 Å². The van der Waals surface area contributed by atoms with E-state index in [0.29, 0.717) is 11.6 Å². The smallest absolute Gasteiger partial charge is 0.190 e. The number of nitrogens with zero attached hydrogens (tertiary/aromatic N) is 1. The predicted octanol–water partition coefficient (Wildman–Crippen LogP) is 5.58. The normalized spacial score (nSPS) is 13.2. The minimum Gasteiger partial charge on any atom is -0.457 e. The van der Waals surface area contributed by atoms with Gasteiger partial charge in [-0.2, -0.15) is 0 Å². The Labute approximate surface area is 172 Å². The van der Waals surface area contributed by atoms with Gasteiger partial charge in [0.2, 0.25) is 0 Å². The second-order valence-electron chi connectivity index (χ2n) is 7.00. The molecule has 5 heteroatoms. The van der Waals surface area contributed by atoms with E-state index in [4.69, 9.17) is 10.5 Å². The molecule has 0 bridgehead atoms. The van der Waals surface area contributed by atoms with Gasteiger partial charge in [0.1, 0.15) is 11.5 Å². The van der Waals surface area contributed by atoms with E-state index in [-0.39, 0.29) is 5.78 Å². The third kappa shape index (κ3) is 3.41. The number of benzene rings is 3. The molecule has 1 aliphatic rings. The first kappa shape index (κ1) is 17.6. The van der Waals surface area contributed by atoms with Crippen molar-refractivity contribution in [1.82, 2.24) is 4.98 Å². The summed E-state index contributed by atoms with van der Waals surface area (Å²) < 4.78 is 6.81. The lowest BCUT2D eigenvalue weighted by atomic mass is 9.87. The van der Waals surface area contributed by atoms with Gasteiger partial charge < -0.3 is 10.5 Å². The number of hydrogen-bond acceptors (Lipinski definition) is 5. The molecule has 0 saturated carbocycles. The highest BCUT2D eigenvalue weighted by Crippen LogP contribution is 2.34. The van der Waals surface area contributed by atoms with Crippen LogP contribution in [0.25, 0.3) is 10.2 Å². The number of rotatable bonds is 4. The zero-order valence-electron chi connectivity index (χ0n) is 15.6. The van der Waals surface area contributed by atoms with Gasteiger partial charge in [0.15, 0.2) is 10.9 Å². The Kier molecular flexibility index (Phi) is 4.37. The Morgan fingerprint density at radius 1 is 1.00 bits per heavy atom. The minimum atomic E-state index is 0.0647. The molecule has 0 amide bonds. The molecule has 1 aromatic heterocycles. The Morgan fingerprint density at radius 2 is 1.83 bits per heavy atom. The Morgan fingerprint density at radius 3 is 2.69 bits per heavy atom. The highest BCUT2D eigenvalue weighted by molar-refractivity contribution is 7.22. The van der Waals surface area contributed by atoms with Gasteiger partial charge in [-0.15, -0.1) is 0 Å². The number of anilines is 1. The second kappa shape index (κ2) is 7.18. The van der Waals surface area contributed by atoms with Crippen molar-refractivity contribution in [3.8, 4) is 11.5 Å². The molecule has 0 atom stereocenters. The van der Waals surface area contributed by atoms with Crippen LogP contribution in [0.2, 0.25) is 0 Å². The first-order valence-corrected chi connectivity index (χ1v) is 10.2. The zero-order chi connectivity index (χ0) is 19.8. The number of carbonyl (C=O) groups excluding carboxylic acids is 1. The molecule has 0 fully saturated rings. The molecule has 0 unspecified atom stereocenters. The van der Waals surface area contributed by atoms with Gasteiger partial charge in [-0.05, 0) is 47.9 Å². The summed E-state index contributed by atoms with van der Waals surface area (Å²) in [7, 11) is 0. The maximum absolute atomic E-state index is 13.3. The molecule has 2 N–H and O–H groups in total. The fourth-order valence-electron chi connectivity index (χ4n) is 3.67. The number of ketones is 1. The van der Waals surface area contributed by atoms with Crippen molar-refractivity contribution in [3.63, 3.8) is 0 Å². The van der Waals surface area contributed by atoms with Crippen LogP contribution < -0.4 is 10.5 Å². The molecule has 0 spiro atoms. The van der Waals surface area contributed by atoms with E-state index in [2.05, 4.69) is 4.98 Å². The van der Waals surface area contributed by atoms with E-state index in [1.807, 2.05) is 72.8 Å². The molecule has 1 aliphatic carbocycles. The van der Waals surface area contributed by atoms with Crippen molar-refractivity contribution in [2.24, 2.45) is 0 Å². The van der Waals surface area contributed by atoms with Crippen molar-refractivity contribution in [2.75, 3.05) is 5.73 Å². The lowest BCUT2D eigenvalue weighted by Crippen LogP contribution is -2.14. The lowest BCUT2D eigenvalue weighted by Gasteiger charge is -2.17. The number of nitrogens with two attached hydrogens (primary N) is 1. The standard InChI is InChI=1S/C24H18N2O2S/c25-24-26-20-12-11-16-9-10-17(22(27)21(16)23(20)29-24)13-15-5-4-8-19(14-15)28-18-6-2-1-3-7-18/h1-8,10-12,14H,9,13H2,(H2,25,26). The highest BCUT2D eigenvalue weighted by atomic mass is 32.1. The van der Waals surface area contributed by atoms with E-state index in [0.717, 1.165) is 50.4 Å². The summed E-state index contributed by atoms with van der Waals surface area (Å²) in [5.41, 5.74) is 10.3. The highest BCUT2D eigenvalue weighted by Gasteiger charge is 2.24. The molecule has 29 heavy (non-hydrogen) atoms. The Hall–Kier alpha value is -3.44. The summed E-state index contributed by atoms with van der Waals surface area (Å²) in [4.78, 5) is 17.6. The Balaban J connectivity index is 1.42. The van der Waals surface area contributed by atoms with Crippen LogP contribution in [0.1, 0.15) is 21.5 Å². The molecule has 4 nitrogen and oxygen atoms in total.